The monoisotopic (exact) mass is 258 g/mol. The molecule has 1 saturated heterocycles. The predicted molar refractivity (Wildman–Crippen MR) is 81.5 cm³/mol. The Morgan fingerprint density at radius 3 is 3.11 bits per heavy atom. The number of fused-ring (bicyclic) bond motifs is 1. The Labute approximate surface area is 117 Å². The van der Waals surface area contributed by atoms with Crippen LogP contribution in [-0.4, -0.2) is 24.5 Å². The fourth-order valence-electron chi connectivity index (χ4n) is 3.57. The molecule has 0 radical (unpaired) electrons. The number of benzene rings is 1. The average molecular weight is 258 g/mol. The molecule has 1 atom stereocenters. The molecule has 0 saturated carbocycles. The number of anilines is 1. The highest BCUT2D eigenvalue weighted by Gasteiger charge is 2.19. The second kappa shape index (κ2) is 5.96. The van der Waals surface area contributed by atoms with E-state index < -0.39 is 0 Å². The maximum absolute atomic E-state index is 3.57. The maximum atomic E-state index is 3.57. The first-order valence-corrected chi connectivity index (χ1v) is 7.94. The van der Waals surface area contributed by atoms with Crippen molar-refractivity contribution in [3.8, 4) is 0 Å². The SMILES string of the molecule is CCC1CCCN(Cc2cccc3c2NCC3)CC1. The van der Waals surface area contributed by atoms with Gasteiger partial charge in [0.15, 0.2) is 0 Å². The molecule has 1 fully saturated rings. The highest BCUT2D eigenvalue weighted by Crippen LogP contribution is 2.28. The van der Waals surface area contributed by atoms with Crippen molar-refractivity contribution in [2.75, 3.05) is 25.0 Å². The van der Waals surface area contributed by atoms with Gasteiger partial charge in [0.1, 0.15) is 0 Å². The van der Waals surface area contributed by atoms with Crippen LogP contribution in [-0.2, 0) is 13.0 Å². The van der Waals surface area contributed by atoms with Crippen LogP contribution in [0.1, 0.15) is 43.7 Å². The first kappa shape index (κ1) is 13.0. The van der Waals surface area contributed by atoms with E-state index in [-0.39, 0.29) is 0 Å². The molecule has 2 heteroatoms. The third kappa shape index (κ3) is 2.94. The third-order valence-electron chi connectivity index (χ3n) is 4.84. The molecule has 0 spiro atoms. The van der Waals surface area contributed by atoms with Gasteiger partial charge < -0.3 is 5.32 Å². The van der Waals surface area contributed by atoms with Gasteiger partial charge in [0.25, 0.3) is 0 Å². The molecule has 0 amide bonds. The van der Waals surface area contributed by atoms with Crippen molar-refractivity contribution in [1.82, 2.24) is 4.90 Å². The van der Waals surface area contributed by atoms with Crippen molar-refractivity contribution < 1.29 is 0 Å². The largest absolute Gasteiger partial charge is 0.384 e. The van der Waals surface area contributed by atoms with Gasteiger partial charge in [-0.2, -0.15) is 0 Å². The Kier molecular flexibility index (Phi) is 4.07. The number of rotatable bonds is 3. The summed E-state index contributed by atoms with van der Waals surface area (Å²) in [6.07, 6.45) is 6.75. The lowest BCUT2D eigenvalue weighted by Crippen LogP contribution is -2.24. The summed E-state index contributed by atoms with van der Waals surface area (Å²) in [4.78, 5) is 2.66. The highest BCUT2D eigenvalue weighted by atomic mass is 15.1. The Bertz CT molecular complexity index is 427. The van der Waals surface area contributed by atoms with Gasteiger partial charge in [-0.15, -0.1) is 0 Å². The van der Waals surface area contributed by atoms with Crippen LogP contribution in [0.15, 0.2) is 18.2 Å². The fourth-order valence-corrected chi connectivity index (χ4v) is 3.57. The minimum Gasteiger partial charge on any atom is -0.384 e. The van der Waals surface area contributed by atoms with Crippen molar-refractivity contribution in [1.29, 1.82) is 0 Å². The fraction of sp³-hybridized carbons (Fsp3) is 0.647. The van der Waals surface area contributed by atoms with Gasteiger partial charge in [0.2, 0.25) is 0 Å². The summed E-state index contributed by atoms with van der Waals surface area (Å²) in [5.41, 5.74) is 4.45. The standard InChI is InChI=1S/C17H26N2/c1-2-14-5-4-11-19(12-9-14)13-16-7-3-6-15-8-10-18-17(15)16/h3,6-7,14,18H,2,4-5,8-13H2,1H3. The first-order valence-electron chi connectivity index (χ1n) is 7.94. The Morgan fingerprint density at radius 2 is 2.21 bits per heavy atom. The molecule has 2 aliphatic heterocycles. The zero-order valence-electron chi connectivity index (χ0n) is 12.1. The van der Waals surface area contributed by atoms with E-state index in [1.54, 1.807) is 0 Å². The minimum absolute atomic E-state index is 0.963. The smallest absolute Gasteiger partial charge is 0.0419 e. The van der Waals surface area contributed by atoms with E-state index in [0.29, 0.717) is 0 Å². The second-order valence-corrected chi connectivity index (χ2v) is 6.11. The van der Waals surface area contributed by atoms with E-state index in [9.17, 15) is 0 Å². The van der Waals surface area contributed by atoms with Crippen molar-refractivity contribution in [3.63, 3.8) is 0 Å². The lowest BCUT2D eigenvalue weighted by atomic mass is 9.98. The van der Waals surface area contributed by atoms with Gasteiger partial charge in [-0.05, 0) is 55.8 Å². The van der Waals surface area contributed by atoms with Crippen molar-refractivity contribution in [2.45, 2.75) is 45.6 Å². The summed E-state index contributed by atoms with van der Waals surface area (Å²) in [5, 5.41) is 3.57. The van der Waals surface area contributed by atoms with Gasteiger partial charge >= 0.3 is 0 Å². The van der Waals surface area contributed by atoms with Crippen molar-refractivity contribution in [3.05, 3.63) is 29.3 Å². The van der Waals surface area contributed by atoms with Gasteiger partial charge in [-0.3, -0.25) is 4.90 Å². The number of nitrogens with one attached hydrogen (secondary N) is 1. The summed E-state index contributed by atoms with van der Waals surface area (Å²) in [6.45, 7) is 7.15. The van der Waals surface area contributed by atoms with Gasteiger partial charge in [0, 0.05) is 18.8 Å². The van der Waals surface area contributed by atoms with E-state index in [1.165, 1.54) is 62.0 Å². The summed E-state index contributed by atoms with van der Waals surface area (Å²) in [6, 6.07) is 6.81. The molecular formula is C17H26N2. The van der Waals surface area contributed by atoms with Crippen molar-refractivity contribution in [2.24, 2.45) is 5.92 Å². The highest BCUT2D eigenvalue weighted by molar-refractivity contribution is 5.61. The molecule has 1 unspecified atom stereocenters. The lowest BCUT2D eigenvalue weighted by Gasteiger charge is -2.21. The van der Waals surface area contributed by atoms with E-state index >= 15 is 0 Å². The number of hydrogen-bond acceptors (Lipinski definition) is 2. The molecule has 104 valence electrons. The molecule has 1 aromatic rings. The third-order valence-corrected chi connectivity index (χ3v) is 4.84. The van der Waals surface area contributed by atoms with Gasteiger partial charge in [-0.1, -0.05) is 31.5 Å². The molecule has 0 aliphatic carbocycles. The molecule has 1 N–H and O–H groups in total. The van der Waals surface area contributed by atoms with E-state index in [2.05, 4.69) is 35.3 Å². The molecule has 3 rings (SSSR count). The van der Waals surface area contributed by atoms with E-state index in [4.69, 9.17) is 0 Å². The molecule has 1 aromatic carbocycles. The molecular weight excluding hydrogens is 232 g/mol. The topological polar surface area (TPSA) is 15.3 Å². The summed E-state index contributed by atoms with van der Waals surface area (Å²) in [5.74, 6) is 0.963. The average Bonchev–Trinajstić information content (AvgIpc) is 2.80. The molecule has 19 heavy (non-hydrogen) atoms. The summed E-state index contributed by atoms with van der Waals surface area (Å²) >= 11 is 0. The van der Waals surface area contributed by atoms with Crippen LogP contribution in [0.3, 0.4) is 0 Å². The van der Waals surface area contributed by atoms with Crippen LogP contribution in [0.25, 0.3) is 0 Å². The molecule has 0 bridgehead atoms. The van der Waals surface area contributed by atoms with Crippen LogP contribution in [0.4, 0.5) is 5.69 Å². The molecule has 2 heterocycles. The Balaban J connectivity index is 1.67. The number of para-hydroxylation sites is 1. The maximum Gasteiger partial charge on any atom is 0.0419 e. The van der Waals surface area contributed by atoms with E-state index in [1.807, 2.05) is 0 Å². The Morgan fingerprint density at radius 1 is 1.26 bits per heavy atom. The molecule has 2 aliphatic rings. The minimum atomic E-state index is 0.963. The number of nitrogens with zero attached hydrogens (tertiary/aromatic N) is 1. The summed E-state index contributed by atoms with van der Waals surface area (Å²) in [7, 11) is 0. The zero-order valence-corrected chi connectivity index (χ0v) is 12.1. The van der Waals surface area contributed by atoms with Crippen LogP contribution >= 0.6 is 0 Å². The Hall–Kier alpha value is -1.02. The second-order valence-electron chi connectivity index (χ2n) is 6.11. The van der Waals surface area contributed by atoms with Crippen molar-refractivity contribution >= 4 is 5.69 Å². The van der Waals surface area contributed by atoms with Crippen LogP contribution in [0, 0.1) is 5.92 Å². The quantitative estimate of drug-likeness (QED) is 0.890. The normalized spacial score (nSPS) is 23.7. The van der Waals surface area contributed by atoms with Crippen LogP contribution in [0.5, 0.6) is 0 Å². The predicted octanol–water partition coefficient (Wildman–Crippen LogP) is 3.67. The van der Waals surface area contributed by atoms with Crippen LogP contribution in [0.2, 0.25) is 0 Å². The van der Waals surface area contributed by atoms with E-state index in [0.717, 1.165) is 19.0 Å². The number of likely N-dealkylation sites (tertiary alicyclic amines) is 1. The summed E-state index contributed by atoms with van der Waals surface area (Å²) < 4.78 is 0. The zero-order chi connectivity index (χ0) is 13.1. The van der Waals surface area contributed by atoms with Gasteiger partial charge in [-0.25, -0.2) is 0 Å². The lowest BCUT2D eigenvalue weighted by molar-refractivity contribution is 0.272. The van der Waals surface area contributed by atoms with Crippen LogP contribution < -0.4 is 5.32 Å². The molecule has 2 nitrogen and oxygen atoms in total. The first-order chi connectivity index (χ1) is 9.36. The molecule has 0 aromatic heterocycles. The number of hydrogen-bond donors (Lipinski definition) is 1. The van der Waals surface area contributed by atoms with Gasteiger partial charge in [0.05, 0.1) is 0 Å².